The first-order chi connectivity index (χ1) is 19.2. The number of anilines is 2. The number of halogens is 4. The molecule has 2 aromatic heterocycles. The number of hydrogen-bond donors (Lipinski definition) is 0. The van der Waals surface area contributed by atoms with Gasteiger partial charge in [0.1, 0.15) is 5.69 Å². The second kappa shape index (κ2) is 11.0. The van der Waals surface area contributed by atoms with Crippen molar-refractivity contribution in [1.29, 1.82) is 0 Å². The van der Waals surface area contributed by atoms with Gasteiger partial charge in [-0.2, -0.15) is 13.2 Å². The van der Waals surface area contributed by atoms with Crippen molar-refractivity contribution in [1.82, 2.24) is 14.9 Å². The van der Waals surface area contributed by atoms with E-state index in [1.807, 2.05) is 30.9 Å². The summed E-state index contributed by atoms with van der Waals surface area (Å²) in [7, 11) is 0. The van der Waals surface area contributed by atoms with Crippen molar-refractivity contribution in [3.8, 4) is 17.1 Å². The smallest absolute Gasteiger partial charge is 0.418 e. The minimum atomic E-state index is -4.68. The Labute approximate surface area is 234 Å². The molecule has 0 saturated carbocycles. The molecule has 2 saturated heterocycles. The van der Waals surface area contributed by atoms with Crippen LogP contribution in [-0.4, -0.2) is 65.5 Å². The lowest BCUT2D eigenvalue weighted by molar-refractivity contribution is -0.137. The maximum absolute atomic E-state index is 13.8. The number of carbonyl (C=O) groups excluding carboxylic acids is 2. The van der Waals surface area contributed by atoms with Gasteiger partial charge in [0, 0.05) is 36.9 Å². The van der Waals surface area contributed by atoms with E-state index in [0.29, 0.717) is 55.2 Å². The van der Waals surface area contributed by atoms with Gasteiger partial charge in [-0.3, -0.25) is 9.69 Å². The van der Waals surface area contributed by atoms with E-state index in [2.05, 4.69) is 9.97 Å². The molecule has 2 atom stereocenters. The molecule has 4 heterocycles. The monoisotopic (exact) mass is 573 g/mol. The third-order valence-electron chi connectivity index (χ3n) is 7.24. The normalized spacial score (nSPS) is 19.1. The molecule has 0 bridgehead atoms. The van der Waals surface area contributed by atoms with Crippen LogP contribution < -0.4 is 14.5 Å². The Morgan fingerprint density at radius 2 is 1.85 bits per heavy atom. The van der Waals surface area contributed by atoms with Crippen LogP contribution in [0.2, 0.25) is 5.02 Å². The van der Waals surface area contributed by atoms with E-state index in [4.69, 9.17) is 16.3 Å². The summed E-state index contributed by atoms with van der Waals surface area (Å²) in [5.41, 5.74) is 0.809. The average molecular weight is 574 g/mol. The molecule has 210 valence electrons. The molecule has 0 spiro atoms. The molecule has 3 aromatic rings. The molecule has 2 fully saturated rings. The van der Waals surface area contributed by atoms with Gasteiger partial charge >= 0.3 is 12.2 Å². The lowest BCUT2D eigenvalue weighted by Gasteiger charge is -2.44. The van der Waals surface area contributed by atoms with Gasteiger partial charge in [0.05, 0.1) is 40.8 Å². The number of benzene rings is 1. The highest BCUT2D eigenvalue weighted by Gasteiger charge is 2.47. The fraction of sp³-hybridized carbons (Fsp3) is 0.357. The number of aldehydes is 1. The number of alkyl halides is 3. The molecule has 0 radical (unpaired) electrons. The highest BCUT2D eigenvalue weighted by molar-refractivity contribution is 6.30. The van der Waals surface area contributed by atoms with Crippen LogP contribution in [0.15, 0.2) is 48.7 Å². The van der Waals surface area contributed by atoms with E-state index in [1.165, 1.54) is 17.0 Å². The number of aromatic nitrogens is 2. The number of piperazine rings is 1. The zero-order chi connectivity index (χ0) is 28.6. The largest absolute Gasteiger partial charge is 0.477 e. The minimum absolute atomic E-state index is 0.0605. The van der Waals surface area contributed by atoms with Crippen molar-refractivity contribution in [2.45, 2.75) is 38.5 Å². The van der Waals surface area contributed by atoms with Crippen molar-refractivity contribution in [2.75, 3.05) is 36.0 Å². The van der Waals surface area contributed by atoms with Gasteiger partial charge in [0.2, 0.25) is 5.88 Å². The molecule has 1 aromatic carbocycles. The molecule has 2 aliphatic rings. The van der Waals surface area contributed by atoms with Crippen LogP contribution in [0, 0.1) is 0 Å². The van der Waals surface area contributed by atoms with Gasteiger partial charge in [-0.1, -0.05) is 18.5 Å². The van der Waals surface area contributed by atoms with E-state index in [-0.39, 0.29) is 29.0 Å². The summed E-state index contributed by atoms with van der Waals surface area (Å²) >= 11 is 5.85. The lowest BCUT2D eigenvalue weighted by Crippen LogP contribution is -2.57. The third kappa shape index (κ3) is 5.05. The van der Waals surface area contributed by atoms with E-state index in [9.17, 15) is 22.8 Å². The van der Waals surface area contributed by atoms with Crippen LogP contribution in [-0.2, 0) is 6.18 Å². The summed E-state index contributed by atoms with van der Waals surface area (Å²) in [6.07, 6.45) is -1.74. The van der Waals surface area contributed by atoms with Crippen molar-refractivity contribution < 1.29 is 27.5 Å². The molecule has 8 nitrogen and oxygen atoms in total. The molecular formula is C28H27ClF3N5O3. The topological polar surface area (TPSA) is 78.9 Å². The zero-order valence-electron chi connectivity index (χ0n) is 21.9. The molecule has 40 heavy (non-hydrogen) atoms. The first kappa shape index (κ1) is 27.7. The highest BCUT2D eigenvalue weighted by Crippen LogP contribution is 2.41. The van der Waals surface area contributed by atoms with Gasteiger partial charge in [-0.15, -0.1) is 0 Å². The van der Waals surface area contributed by atoms with Gasteiger partial charge in [-0.25, -0.2) is 14.8 Å². The van der Waals surface area contributed by atoms with Crippen LogP contribution >= 0.6 is 11.6 Å². The summed E-state index contributed by atoms with van der Waals surface area (Å²) in [6, 6.07) is 9.54. The average Bonchev–Trinajstić information content (AvgIpc) is 3.27. The van der Waals surface area contributed by atoms with Crippen LogP contribution in [0.1, 0.15) is 36.3 Å². The van der Waals surface area contributed by atoms with Crippen molar-refractivity contribution in [3.05, 3.63) is 64.9 Å². The number of hydrogen-bond acceptors (Lipinski definition) is 6. The summed E-state index contributed by atoms with van der Waals surface area (Å²) in [4.78, 5) is 39.2. The number of nitrogens with zero attached hydrogens (tertiary/aromatic N) is 5. The number of carbonyl (C=O) groups is 2. The number of rotatable bonds is 7. The number of amides is 2. The van der Waals surface area contributed by atoms with Crippen molar-refractivity contribution in [2.24, 2.45) is 0 Å². The Morgan fingerprint density at radius 3 is 2.55 bits per heavy atom. The number of pyridine rings is 2. The van der Waals surface area contributed by atoms with E-state index < -0.39 is 23.8 Å². The number of fused-ring (bicyclic) bond motifs is 1. The standard InChI is InChI=1S/C28H27ClF3N5O3/c1-3-18-13-36-19(15-37(27(36)39)24-9-7-17(29)12-21(24)28(30,31)32)14-35(18)25-10-8-22(34-23(25)16-38)20-6-5-11-33-26(20)40-4-2/h5-12,16,18-19H,3-4,13-15H2,1-2H3/t18-,19+/m1/s1. The molecular weight excluding hydrogens is 547 g/mol. The third-order valence-corrected chi connectivity index (χ3v) is 7.48. The summed E-state index contributed by atoms with van der Waals surface area (Å²) in [5.74, 6) is 0.409. The zero-order valence-corrected chi connectivity index (χ0v) is 22.6. The fourth-order valence-electron chi connectivity index (χ4n) is 5.39. The maximum atomic E-state index is 13.8. The molecule has 2 aliphatic heterocycles. The SMILES string of the molecule is CCOc1ncccc1-c1ccc(N2C[C@H]3CN(c4ccc(Cl)cc4C(F)(F)F)C(=O)N3C[C@H]2CC)c(C=O)n1. The quantitative estimate of drug-likeness (QED) is 0.326. The van der Waals surface area contributed by atoms with Crippen LogP contribution in [0.25, 0.3) is 11.3 Å². The second-order valence-electron chi connectivity index (χ2n) is 9.58. The summed E-state index contributed by atoms with van der Waals surface area (Å²) < 4.78 is 47.1. The fourth-order valence-corrected chi connectivity index (χ4v) is 5.56. The predicted octanol–water partition coefficient (Wildman–Crippen LogP) is 5.94. The Bertz CT molecular complexity index is 1440. The second-order valence-corrected chi connectivity index (χ2v) is 10.0. The Hall–Kier alpha value is -3.86. The lowest BCUT2D eigenvalue weighted by atomic mass is 10.0. The molecule has 0 unspecified atom stereocenters. The minimum Gasteiger partial charge on any atom is -0.477 e. The van der Waals surface area contributed by atoms with Crippen LogP contribution in [0.4, 0.5) is 29.3 Å². The van der Waals surface area contributed by atoms with Gasteiger partial charge in [-0.05, 0) is 55.8 Å². The highest BCUT2D eigenvalue weighted by atomic mass is 35.5. The van der Waals surface area contributed by atoms with Crippen LogP contribution in [0.3, 0.4) is 0 Å². The summed E-state index contributed by atoms with van der Waals surface area (Å²) in [5, 5.41) is -0.0605. The van der Waals surface area contributed by atoms with Gasteiger partial charge in [0.25, 0.3) is 0 Å². The van der Waals surface area contributed by atoms with E-state index in [0.717, 1.165) is 6.07 Å². The van der Waals surface area contributed by atoms with Crippen molar-refractivity contribution >= 4 is 35.3 Å². The van der Waals surface area contributed by atoms with Gasteiger partial charge in [0.15, 0.2) is 6.29 Å². The van der Waals surface area contributed by atoms with Crippen molar-refractivity contribution in [3.63, 3.8) is 0 Å². The predicted molar refractivity (Wildman–Crippen MR) is 145 cm³/mol. The van der Waals surface area contributed by atoms with Crippen LogP contribution in [0.5, 0.6) is 5.88 Å². The molecule has 0 N–H and O–H groups in total. The molecule has 0 aliphatic carbocycles. The van der Waals surface area contributed by atoms with E-state index in [1.54, 1.807) is 23.2 Å². The Morgan fingerprint density at radius 1 is 1.07 bits per heavy atom. The summed E-state index contributed by atoms with van der Waals surface area (Å²) in [6.45, 7) is 4.91. The molecule has 5 rings (SSSR count). The maximum Gasteiger partial charge on any atom is 0.418 e. The molecule has 12 heteroatoms. The van der Waals surface area contributed by atoms with Gasteiger partial charge < -0.3 is 14.5 Å². The first-order valence-electron chi connectivity index (χ1n) is 12.9. The number of ether oxygens (including phenoxy) is 1. The first-order valence-corrected chi connectivity index (χ1v) is 13.3. The van der Waals surface area contributed by atoms with E-state index >= 15 is 0 Å². The number of urea groups is 1. The Balaban J connectivity index is 1.46. The Kier molecular flexibility index (Phi) is 7.59. The molecule has 2 amide bonds.